The topological polar surface area (TPSA) is 110 Å². The van der Waals surface area contributed by atoms with Crippen molar-refractivity contribution in [3.05, 3.63) is 28.8 Å². The maximum Gasteiger partial charge on any atom is 0.337 e. The first-order valence-electron chi connectivity index (χ1n) is 6.23. The Morgan fingerprint density at radius 3 is 2.32 bits per heavy atom. The van der Waals surface area contributed by atoms with Gasteiger partial charge in [0.05, 0.1) is 17.7 Å². The molecule has 9 heteroatoms. The number of carboxylic acids is 1. The Balaban J connectivity index is 3.18. The molecule has 1 atom stereocenters. The van der Waals surface area contributed by atoms with Gasteiger partial charge in [-0.2, -0.15) is 4.72 Å². The van der Waals surface area contributed by atoms with Crippen LogP contribution >= 0.6 is 11.6 Å². The molecule has 0 saturated carbocycles. The Hall–Kier alpha value is -1.64. The number of hydrogen-bond acceptors (Lipinski definition) is 5. The number of carbonyl (C=O) groups is 2. The summed E-state index contributed by atoms with van der Waals surface area (Å²) in [6.45, 7) is 3.15. The van der Waals surface area contributed by atoms with Crippen molar-refractivity contribution in [2.24, 2.45) is 5.92 Å². The molecule has 0 bridgehead atoms. The van der Waals surface area contributed by atoms with Crippen LogP contribution in [0.3, 0.4) is 0 Å². The fourth-order valence-electron chi connectivity index (χ4n) is 1.67. The zero-order chi connectivity index (χ0) is 17.1. The summed E-state index contributed by atoms with van der Waals surface area (Å²) in [6.07, 6.45) is 0. The van der Waals surface area contributed by atoms with E-state index in [-0.39, 0.29) is 15.5 Å². The van der Waals surface area contributed by atoms with Crippen LogP contribution in [0.5, 0.6) is 0 Å². The Kier molecular flexibility index (Phi) is 5.92. The maximum atomic E-state index is 12.2. The molecule has 0 radical (unpaired) electrons. The Morgan fingerprint density at radius 1 is 1.32 bits per heavy atom. The number of halogens is 1. The van der Waals surface area contributed by atoms with E-state index in [2.05, 4.69) is 9.46 Å². The number of ether oxygens (including phenoxy) is 1. The third-order valence-electron chi connectivity index (χ3n) is 2.86. The molecule has 0 spiro atoms. The molecule has 0 aliphatic rings. The van der Waals surface area contributed by atoms with Crippen molar-refractivity contribution in [3.8, 4) is 0 Å². The minimum Gasteiger partial charge on any atom is -0.480 e. The highest BCUT2D eigenvalue weighted by atomic mass is 35.5. The minimum atomic E-state index is -4.14. The second-order valence-corrected chi connectivity index (χ2v) is 6.91. The van der Waals surface area contributed by atoms with E-state index in [1.807, 2.05) is 0 Å². The molecule has 0 amide bonds. The predicted octanol–water partition coefficient (Wildman–Crippen LogP) is 1.51. The van der Waals surface area contributed by atoms with Crippen molar-refractivity contribution >= 4 is 33.6 Å². The standard InChI is InChI=1S/C13H16ClNO6S/c1-7(2)11(12(16)17)15-22(19,20)10-5-4-8(6-9(10)14)13(18)21-3/h4-7,11,15H,1-3H3,(H,16,17)/t11-/m0/s1. The van der Waals surface area contributed by atoms with Crippen molar-refractivity contribution in [2.45, 2.75) is 24.8 Å². The van der Waals surface area contributed by atoms with Gasteiger partial charge in [-0.25, -0.2) is 13.2 Å². The van der Waals surface area contributed by atoms with Gasteiger partial charge in [0, 0.05) is 0 Å². The summed E-state index contributed by atoms with van der Waals surface area (Å²) < 4.78 is 31.1. The highest BCUT2D eigenvalue weighted by Gasteiger charge is 2.29. The molecule has 1 aromatic carbocycles. The molecule has 0 aliphatic carbocycles. The summed E-state index contributed by atoms with van der Waals surface area (Å²) in [5, 5.41) is 8.85. The van der Waals surface area contributed by atoms with E-state index < -0.39 is 33.9 Å². The lowest BCUT2D eigenvalue weighted by Crippen LogP contribution is -2.44. The number of aliphatic carboxylic acids is 1. The van der Waals surface area contributed by atoms with E-state index in [4.69, 9.17) is 16.7 Å². The van der Waals surface area contributed by atoms with Crippen molar-refractivity contribution < 1.29 is 27.9 Å². The van der Waals surface area contributed by atoms with Gasteiger partial charge >= 0.3 is 11.9 Å². The first kappa shape index (κ1) is 18.4. The van der Waals surface area contributed by atoms with Crippen LogP contribution in [0.25, 0.3) is 0 Å². The van der Waals surface area contributed by atoms with Crippen LogP contribution in [0.15, 0.2) is 23.1 Å². The normalized spacial score (nSPS) is 13.0. The predicted molar refractivity (Wildman–Crippen MR) is 79.4 cm³/mol. The quantitative estimate of drug-likeness (QED) is 0.753. The monoisotopic (exact) mass is 349 g/mol. The number of carbonyl (C=O) groups excluding carboxylic acids is 1. The van der Waals surface area contributed by atoms with Crippen LogP contribution in [0.4, 0.5) is 0 Å². The van der Waals surface area contributed by atoms with Gasteiger partial charge in [-0.05, 0) is 24.1 Å². The number of hydrogen-bond donors (Lipinski definition) is 2. The highest BCUT2D eigenvalue weighted by Crippen LogP contribution is 2.23. The maximum absolute atomic E-state index is 12.2. The van der Waals surface area contributed by atoms with Gasteiger partial charge in [0.15, 0.2) is 0 Å². The highest BCUT2D eigenvalue weighted by molar-refractivity contribution is 7.89. The number of benzene rings is 1. The average Bonchev–Trinajstić information content (AvgIpc) is 2.42. The van der Waals surface area contributed by atoms with Gasteiger partial charge in [0.2, 0.25) is 10.0 Å². The summed E-state index contributed by atoms with van der Waals surface area (Å²) in [5.41, 5.74) is 0.0881. The molecule has 0 fully saturated rings. The van der Waals surface area contributed by atoms with Crippen molar-refractivity contribution in [2.75, 3.05) is 7.11 Å². The molecule has 7 nitrogen and oxygen atoms in total. The Bertz CT molecular complexity index is 686. The number of carboxylic acid groups (broad SMARTS) is 1. The first-order valence-corrected chi connectivity index (χ1v) is 8.09. The summed E-state index contributed by atoms with van der Waals surface area (Å²) in [5.74, 6) is -2.41. The molecule has 2 N–H and O–H groups in total. The molecule has 0 heterocycles. The largest absolute Gasteiger partial charge is 0.480 e. The van der Waals surface area contributed by atoms with Crippen molar-refractivity contribution in [3.63, 3.8) is 0 Å². The molecule has 1 aromatic rings. The van der Waals surface area contributed by atoms with E-state index in [1.165, 1.54) is 13.2 Å². The van der Waals surface area contributed by atoms with E-state index in [9.17, 15) is 18.0 Å². The molecule has 0 aromatic heterocycles. The third kappa shape index (κ3) is 4.19. The van der Waals surface area contributed by atoms with Crippen LogP contribution in [-0.4, -0.2) is 38.6 Å². The number of methoxy groups -OCH3 is 1. The van der Waals surface area contributed by atoms with Crippen LogP contribution in [-0.2, 0) is 19.6 Å². The van der Waals surface area contributed by atoms with Gasteiger partial charge in [-0.3, -0.25) is 4.79 Å². The number of rotatable bonds is 6. The SMILES string of the molecule is COC(=O)c1ccc(S(=O)(=O)N[C@H](C(=O)O)C(C)C)c(Cl)c1. The zero-order valence-electron chi connectivity index (χ0n) is 12.2. The fourth-order valence-corrected chi connectivity index (χ4v) is 3.55. The van der Waals surface area contributed by atoms with E-state index >= 15 is 0 Å². The molecular weight excluding hydrogens is 334 g/mol. The van der Waals surface area contributed by atoms with Crippen molar-refractivity contribution in [1.29, 1.82) is 0 Å². The van der Waals surface area contributed by atoms with Crippen LogP contribution in [0.1, 0.15) is 24.2 Å². The van der Waals surface area contributed by atoms with Gasteiger partial charge in [0.1, 0.15) is 10.9 Å². The Labute approximate surface area is 133 Å². The van der Waals surface area contributed by atoms with Crippen LogP contribution in [0.2, 0.25) is 5.02 Å². The number of esters is 1. The lowest BCUT2D eigenvalue weighted by atomic mass is 10.1. The molecule has 22 heavy (non-hydrogen) atoms. The summed E-state index contributed by atoms with van der Waals surface area (Å²) in [6, 6.07) is 2.21. The molecule has 122 valence electrons. The molecule has 1 rings (SSSR count). The smallest absolute Gasteiger partial charge is 0.337 e. The van der Waals surface area contributed by atoms with Crippen molar-refractivity contribution in [1.82, 2.24) is 4.72 Å². The summed E-state index contributed by atoms with van der Waals surface area (Å²) in [7, 11) is -2.96. The van der Waals surface area contributed by atoms with E-state index in [0.717, 1.165) is 12.1 Å². The van der Waals surface area contributed by atoms with E-state index in [0.29, 0.717) is 0 Å². The number of sulfonamides is 1. The molecular formula is C13H16ClNO6S. The number of nitrogens with one attached hydrogen (secondary N) is 1. The van der Waals surface area contributed by atoms with Gasteiger partial charge < -0.3 is 9.84 Å². The third-order valence-corrected chi connectivity index (χ3v) is 4.78. The van der Waals surface area contributed by atoms with Crippen LogP contribution in [0, 0.1) is 5.92 Å². The minimum absolute atomic E-state index is 0.0881. The second-order valence-electron chi connectivity index (χ2n) is 4.82. The second kappa shape index (κ2) is 7.08. The van der Waals surface area contributed by atoms with Gasteiger partial charge in [-0.15, -0.1) is 0 Å². The average molecular weight is 350 g/mol. The molecule has 0 saturated heterocycles. The summed E-state index contributed by atoms with van der Waals surface area (Å²) >= 11 is 5.88. The molecule has 0 unspecified atom stereocenters. The molecule has 0 aliphatic heterocycles. The lowest BCUT2D eigenvalue weighted by molar-refractivity contribution is -0.140. The lowest BCUT2D eigenvalue weighted by Gasteiger charge is -2.18. The first-order chi connectivity index (χ1) is 10.1. The van der Waals surface area contributed by atoms with Crippen LogP contribution < -0.4 is 4.72 Å². The Morgan fingerprint density at radius 2 is 1.91 bits per heavy atom. The fraction of sp³-hybridized carbons (Fsp3) is 0.385. The van der Waals surface area contributed by atoms with E-state index in [1.54, 1.807) is 13.8 Å². The summed E-state index contributed by atoms with van der Waals surface area (Å²) in [4.78, 5) is 22.1. The van der Waals surface area contributed by atoms with Gasteiger partial charge in [0.25, 0.3) is 0 Å². The zero-order valence-corrected chi connectivity index (χ0v) is 13.7. The van der Waals surface area contributed by atoms with Gasteiger partial charge in [-0.1, -0.05) is 25.4 Å².